The second-order valence-electron chi connectivity index (χ2n) is 7.67. The molecule has 2 aromatic carbocycles. The molecule has 3 N–H and O–H groups in total. The third-order valence-corrected chi connectivity index (χ3v) is 3.78. The van der Waals surface area contributed by atoms with E-state index < -0.39 is 23.5 Å². The number of carbonyl (C=O) groups excluding carboxylic acids is 3. The van der Waals surface area contributed by atoms with Gasteiger partial charge in [-0.1, -0.05) is 24.3 Å². The summed E-state index contributed by atoms with van der Waals surface area (Å²) >= 11 is 0. The highest BCUT2D eigenvalue weighted by molar-refractivity contribution is 6.01. The van der Waals surface area contributed by atoms with Crippen molar-refractivity contribution < 1.29 is 28.6 Å². The van der Waals surface area contributed by atoms with Gasteiger partial charge in [-0.2, -0.15) is 0 Å². The number of anilines is 2. The van der Waals surface area contributed by atoms with Crippen LogP contribution in [0.15, 0.2) is 48.5 Å². The van der Waals surface area contributed by atoms with E-state index in [0.717, 1.165) is 0 Å². The van der Waals surface area contributed by atoms with E-state index in [0.29, 0.717) is 29.5 Å². The smallest absolute Gasteiger partial charge is 0.408 e. The van der Waals surface area contributed by atoms with Gasteiger partial charge in [-0.15, -0.1) is 0 Å². The quantitative estimate of drug-likeness (QED) is 0.546. The number of rotatable bonds is 9. The highest BCUT2D eigenvalue weighted by atomic mass is 16.6. The van der Waals surface area contributed by atoms with Crippen LogP contribution in [0.1, 0.15) is 27.7 Å². The van der Waals surface area contributed by atoms with Gasteiger partial charge in [0.2, 0.25) is 5.91 Å². The van der Waals surface area contributed by atoms with E-state index in [1.807, 2.05) is 13.0 Å². The lowest BCUT2D eigenvalue weighted by Gasteiger charge is -2.19. The molecule has 0 spiro atoms. The van der Waals surface area contributed by atoms with E-state index in [-0.39, 0.29) is 13.2 Å². The van der Waals surface area contributed by atoms with Gasteiger partial charge in [0.05, 0.1) is 18.0 Å². The molecule has 0 aliphatic carbocycles. The lowest BCUT2D eigenvalue weighted by molar-refractivity contribution is -0.118. The van der Waals surface area contributed by atoms with Crippen LogP contribution >= 0.6 is 0 Å². The number of benzene rings is 2. The molecule has 172 valence electrons. The van der Waals surface area contributed by atoms with Crippen molar-refractivity contribution in [1.29, 1.82) is 0 Å². The summed E-state index contributed by atoms with van der Waals surface area (Å²) in [5.74, 6) is 0.122. The van der Waals surface area contributed by atoms with Crippen molar-refractivity contribution in [3.8, 4) is 11.5 Å². The monoisotopic (exact) mass is 443 g/mol. The van der Waals surface area contributed by atoms with Crippen LogP contribution in [0.25, 0.3) is 0 Å². The van der Waals surface area contributed by atoms with Crippen molar-refractivity contribution in [2.75, 3.05) is 30.4 Å². The fraction of sp³-hybridized carbons (Fsp3) is 0.348. The second kappa shape index (κ2) is 11.6. The van der Waals surface area contributed by atoms with E-state index in [4.69, 9.17) is 14.2 Å². The molecule has 0 fully saturated rings. The van der Waals surface area contributed by atoms with Gasteiger partial charge in [0, 0.05) is 0 Å². The van der Waals surface area contributed by atoms with Gasteiger partial charge in [-0.25, -0.2) is 4.79 Å². The van der Waals surface area contributed by atoms with Gasteiger partial charge in [-0.05, 0) is 52.0 Å². The Hall–Kier alpha value is -3.75. The Bertz CT molecular complexity index is 939. The maximum atomic E-state index is 12.4. The topological polar surface area (TPSA) is 115 Å². The molecule has 0 heterocycles. The minimum absolute atomic E-state index is 0.243. The summed E-state index contributed by atoms with van der Waals surface area (Å²) in [6.07, 6.45) is -0.696. The first-order valence-corrected chi connectivity index (χ1v) is 10.2. The van der Waals surface area contributed by atoms with Crippen molar-refractivity contribution in [3.05, 3.63) is 48.5 Å². The molecule has 9 heteroatoms. The normalized spacial score (nSPS) is 10.6. The van der Waals surface area contributed by atoms with Crippen LogP contribution in [0.5, 0.6) is 11.5 Å². The van der Waals surface area contributed by atoms with Crippen LogP contribution in [0.4, 0.5) is 16.2 Å². The maximum absolute atomic E-state index is 12.4. The molecule has 0 aliphatic heterocycles. The lowest BCUT2D eigenvalue weighted by atomic mass is 10.2. The second-order valence-corrected chi connectivity index (χ2v) is 7.67. The molecule has 0 saturated carbocycles. The Morgan fingerprint density at radius 3 is 1.91 bits per heavy atom. The Kier molecular flexibility index (Phi) is 8.88. The molecule has 0 radical (unpaired) electrons. The zero-order valence-corrected chi connectivity index (χ0v) is 18.7. The summed E-state index contributed by atoms with van der Waals surface area (Å²) in [7, 11) is 0. The highest BCUT2D eigenvalue weighted by Gasteiger charge is 2.17. The van der Waals surface area contributed by atoms with Crippen molar-refractivity contribution in [3.63, 3.8) is 0 Å². The van der Waals surface area contributed by atoms with E-state index in [9.17, 15) is 14.4 Å². The van der Waals surface area contributed by atoms with Crippen LogP contribution in [-0.4, -0.2) is 43.3 Å². The predicted octanol–water partition coefficient (Wildman–Crippen LogP) is 3.57. The van der Waals surface area contributed by atoms with Crippen LogP contribution in [0.3, 0.4) is 0 Å². The molecular formula is C23H29N3O6. The Balaban J connectivity index is 1.90. The zero-order valence-electron chi connectivity index (χ0n) is 18.7. The van der Waals surface area contributed by atoms with Gasteiger partial charge in [0.15, 0.2) is 18.1 Å². The summed E-state index contributed by atoms with van der Waals surface area (Å²) < 4.78 is 16.1. The zero-order chi connectivity index (χ0) is 23.6. The number of nitrogens with one attached hydrogen (secondary N) is 3. The minimum atomic E-state index is -0.696. The Morgan fingerprint density at radius 2 is 1.34 bits per heavy atom. The first-order chi connectivity index (χ1) is 15.2. The van der Waals surface area contributed by atoms with Gasteiger partial charge < -0.3 is 30.2 Å². The number of para-hydroxylation sites is 4. The first kappa shape index (κ1) is 24.5. The summed E-state index contributed by atoms with van der Waals surface area (Å²) in [6.45, 7) is 6.99. The fourth-order valence-corrected chi connectivity index (χ4v) is 2.54. The van der Waals surface area contributed by atoms with E-state index in [1.165, 1.54) is 0 Å². The molecule has 32 heavy (non-hydrogen) atoms. The molecule has 2 aromatic rings. The summed E-state index contributed by atoms with van der Waals surface area (Å²) in [5, 5.41) is 7.73. The molecule has 0 unspecified atom stereocenters. The average Bonchev–Trinajstić information content (AvgIpc) is 2.72. The van der Waals surface area contributed by atoms with E-state index in [2.05, 4.69) is 16.0 Å². The third-order valence-electron chi connectivity index (χ3n) is 3.78. The van der Waals surface area contributed by atoms with Gasteiger partial charge in [0.25, 0.3) is 5.91 Å². The first-order valence-electron chi connectivity index (χ1n) is 10.2. The van der Waals surface area contributed by atoms with Gasteiger partial charge in [-0.3, -0.25) is 9.59 Å². The van der Waals surface area contributed by atoms with E-state index in [1.54, 1.807) is 63.2 Å². The number of carbonyl (C=O) groups is 3. The van der Waals surface area contributed by atoms with Crippen LogP contribution in [0.2, 0.25) is 0 Å². The molecule has 0 aromatic heterocycles. The van der Waals surface area contributed by atoms with Gasteiger partial charge >= 0.3 is 6.09 Å². The summed E-state index contributed by atoms with van der Waals surface area (Å²) in [5.41, 5.74) is 0.110. The number of ether oxygens (including phenoxy) is 3. The Labute approximate surface area is 187 Å². The summed E-state index contributed by atoms with van der Waals surface area (Å²) in [4.78, 5) is 36.3. The van der Waals surface area contributed by atoms with Crippen molar-refractivity contribution in [2.45, 2.75) is 33.3 Å². The average molecular weight is 444 g/mol. The van der Waals surface area contributed by atoms with Crippen molar-refractivity contribution >= 4 is 29.3 Å². The van der Waals surface area contributed by atoms with E-state index >= 15 is 0 Å². The minimum Gasteiger partial charge on any atom is -0.490 e. The summed E-state index contributed by atoms with van der Waals surface area (Å²) in [6, 6.07) is 13.8. The highest BCUT2D eigenvalue weighted by Crippen LogP contribution is 2.26. The number of hydrogen-bond acceptors (Lipinski definition) is 6. The molecule has 2 rings (SSSR count). The Morgan fingerprint density at radius 1 is 0.812 bits per heavy atom. The third kappa shape index (κ3) is 8.55. The standard InChI is InChI=1S/C23H29N3O6/c1-5-30-18-12-8-9-13-19(18)31-15-21(28)26-17-11-7-6-10-16(17)25-20(27)14-24-22(29)32-23(2,3)4/h6-13H,5,14-15H2,1-4H3,(H,24,29)(H,25,27)(H,26,28). The molecule has 0 aliphatic rings. The number of alkyl carbamates (subject to hydrolysis) is 1. The number of amides is 3. The van der Waals surface area contributed by atoms with Crippen molar-refractivity contribution in [2.24, 2.45) is 0 Å². The predicted molar refractivity (Wildman–Crippen MR) is 121 cm³/mol. The molecule has 0 bridgehead atoms. The SMILES string of the molecule is CCOc1ccccc1OCC(=O)Nc1ccccc1NC(=O)CNC(=O)OC(C)(C)C. The fourth-order valence-electron chi connectivity index (χ4n) is 2.54. The molecule has 9 nitrogen and oxygen atoms in total. The largest absolute Gasteiger partial charge is 0.490 e. The maximum Gasteiger partial charge on any atom is 0.408 e. The molecule has 0 atom stereocenters. The van der Waals surface area contributed by atoms with Crippen LogP contribution < -0.4 is 25.4 Å². The lowest BCUT2D eigenvalue weighted by Crippen LogP contribution is -2.37. The van der Waals surface area contributed by atoms with Crippen LogP contribution in [-0.2, 0) is 14.3 Å². The molecular weight excluding hydrogens is 414 g/mol. The molecule has 3 amide bonds. The van der Waals surface area contributed by atoms with Crippen molar-refractivity contribution in [1.82, 2.24) is 5.32 Å². The van der Waals surface area contributed by atoms with Gasteiger partial charge in [0.1, 0.15) is 12.1 Å². The van der Waals surface area contributed by atoms with Crippen LogP contribution in [0, 0.1) is 0 Å². The number of hydrogen-bond donors (Lipinski definition) is 3. The molecule has 0 saturated heterocycles.